The van der Waals surface area contributed by atoms with Crippen molar-refractivity contribution in [3.8, 4) is 5.82 Å². The summed E-state index contributed by atoms with van der Waals surface area (Å²) in [5.41, 5.74) is 6.08. The highest BCUT2D eigenvalue weighted by molar-refractivity contribution is 5.86. The smallest absolute Gasteiger partial charge is 0.358 e. The van der Waals surface area contributed by atoms with E-state index in [1.807, 2.05) is 6.92 Å². The van der Waals surface area contributed by atoms with Crippen molar-refractivity contribution in [2.75, 3.05) is 7.11 Å². The number of esters is 1. The molecule has 0 aromatic carbocycles. The van der Waals surface area contributed by atoms with E-state index in [-0.39, 0.29) is 24.1 Å². The second kappa shape index (κ2) is 6.37. The molecule has 0 aliphatic heterocycles. The minimum Gasteiger partial charge on any atom is -0.464 e. The molecule has 0 amide bonds. The molecular formula is C13H17ClN6O2. The summed E-state index contributed by atoms with van der Waals surface area (Å²) in [5.74, 6) is 1.80. The Balaban J connectivity index is 0.00000176. The molecule has 1 aliphatic carbocycles. The van der Waals surface area contributed by atoms with E-state index in [2.05, 4.69) is 24.8 Å². The lowest BCUT2D eigenvalue weighted by atomic mass is 10.3. The number of hydrogen-bond donors (Lipinski definition) is 1. The Hall–Kier alpha value is -2.06. The van der Waals surface area contributed by atoms with Crippen LogP contribution < -0.4 is 5.73 Å². The van der Waals surface area contributed by atoms with E-state index < -0.39 is 5.97 Å². The molecule has 2 aromatic rings. The molecule has 1 atom stereocenters. The largest absolute Gasteiger partial charge is 0.464 e. The average molecular weight is 325 g/mol. The zero-order chi connectivity index (χ0) is 15.0. The van der Waals surface area contributed by atoms with Gasteiger partial charge in [0.2, 0.25) is 0 Å². The quantitative estimate of drug-likeness (QED) is 0.840. The third-order valence-corrected chi connectivity index (χ3v) is 3.25. The maximum atomic E-state index is 11.4. The van der Waals surface area contributed by atoms with E-state index in [0.29, 0.717) is 17.6 Å². The number of aromatic nitrogens is 5. The minimum absolute atomic E-state index is 0. The van der Waals surface area contributed by atoms with Gasteiger partial charge in [-0.2, -0.15) is 4.68 Å². The fourth-order valence-corrected chi connectivity index (χ4v) is 1.96. The molecule has 1 saturated carbocycles. The summed E-state index contributed by atoms with van der Waals surface area (Å²) in [6, 6.07) is -0.271. The summed E-state index contributed by atoms with van der Waals surface area (Å²) >= 11 is 0. The molecule has 1 unspecified atom stereocenters. The first kappa shape index (κ1) is 16.3. The van der Waals surface area contributed by atoms with Crippen molar-refractivity contribution in [1.82, 2.24) is 24.7 Å². The molecule has 9 heteroatoms. The molecule has 0 radical (unpaired) electrons. The summed E-state index contributed by atoms with van der Waals surface area (Å²) in [6.45, 7) is 1.84. The number of hydrogen-bond acceptors (Lipinski definition) is 7. The van der Waals surface area contributed by atoms with Crippen LogP contribution in [0.3, 0.4) is 0 Å². The van der Waals surface area contributed by atoms with Crippen LogP contribution >= 0.6 is 12.4 Å². The van der Waals surface area contributed by atoms with Gasteiger partial charge in [0.1, 0.15) is 0 Å². The Kier molecular flexibility index (Phi) is 4.72. The maximum absolute atomic E-state index is 11.4. The van der Waals surface area contributed by atoms with Gasteiger partial charge in [-0.1, -0.05) is 0 Å². The van der Waals surface area contributed by atoms with Crippen LogP contribution in [0.2, 0.25) is 0 Å². The van der Waals surface area contributed by atoms with Crippen molar-refractivity contribution < 1.29 is 9.53 Å². The van der Waals surface area contributed by atoms with Crippen molar-refractivity contribution >= 4 is 18.4 Å². The van der Waals surface area contributed by atoms with E-state index in [4.69, 9.17) is 5.73 Å². The second-order valence-corrected chi connectivity index (χ2v) is 5.05. The predicted molar refractivity (Wildman–Crippen MR) is 80.1 cm³/mol. The molecule has 8 nitrogen and oxygen atoms in total. The average Bonchev–Trinajstić information content (AvgIpc) is 3.25. The number of methoxy groups -OCH3 is 1. The lowest BCUT2D eigenvalue weighted by molar-refractivity contribution is 0.0593. The molecule has 118 valence electrons. The van der Waals surface area contributed by atoms with E-state index in [9.17, 15) is 4.79 Å². The van der Waals surface area contributed by atoms with Gasteiger partial charge >= 0.3 is 5.97 Å². The van der Waals surface area contributed by atoms with Crippen molar-refractivity contribution in [2.24, 2.45) is 5.73 Å². The molecule has 2 heterocycles. The topological polar surface area (TPSA) is 109 Å². The van der Waals surface area contributed by atoms with Crippen LogP contribution in [0.1, 0.15) is 53.9 Å². The van der Waals surface area contributed by atoms with Crippen LogP contribution in [0.5, 0.6) is 0 Å². The van der Waals surface area contributed by atoms with Gasteiger partial charge in [0.15, 0.2) is 23.2 Å². The molecule has 2 N–H and O–H groups in total. The molecule has 0 spiro atoms. The first-order valence-electron chi connectivity index (χ1n) is 6.73. The van der Waals surface area contributed by atoms with E-state index in [1.54, 1.807) is 4.68 Å². The lowest BCUT2D eigenvalue weighted by Gasteiger charge is -2.07. The molecule has 1 aliphatic rings. The van der Waals surface area contributed by atoms with E-state index in [1.165, 1.54) is 19.5 Å². The van der Waals surface area contributed by atoms with Crippen molar-refractivity contribution in [3.05, 3.63) is 29.7 Å². The number of carbonyl (C=O) groups excluding carboxylic acids is 1. The standard InChI is InChI=1S/C13H16N6O2.ClH/c1-7(14)12-17-11(8-3-4-8)18-19(12)10-6-15-9(5-16-10)13(20)21-2;/h5-8H,3-4,14H2,1-2H3;1H. The van der Waals surface area contributed by atoms with Gasteiger partial charge in [0.25, 0.3) is 0 Å². The maximum Gasteiger partial charge on any atom is 0.358 e. The van der Waals surface area contributed by atoms with Crippen LogP contribution in [0.15, 0.2) is 12.4 Å². The van der Waals surface area contributed by atoms with E-state index >= 15 is 0 Å². The number of nitrogens with zero attached hydrogens (tertiary/aromatic N) is 5. The fraction of sp³-hybridized carbons (Fsp3) is 0.462. The Morgan fingerprint density at radius 1 is 1.41 bits per heavy atom. The number of ether oxygens (including phenoxy) is 1. The van der Waals surface area contributed by atoms with Gasteiger partial charge in [-0.25, -0.2) is 19.7 Å². The number of nitrogens with two attached hydrogens (primary N) is 1. The highest BCUT2D eigenvalue weighted by Gasteiger charge is 2.30. The van der Waals surface area contributed by atoms with Crippen LogP contribution in [0.25, 0.3) is 5.82 Å². The fourth-order valence-electron chi connectivity index (χ4n) is 1.96. The normalized spacial score (nSPS) is 15.0. The highest BCUT2D eigenvalue weighted by atomic mass is 35.5. The molecule has 2 aromatic heterocycles. The summed E-state index contributed by atoms with van der Waals surface area (Å²) < 4.78 is 6.18. The number of rotatable bonds is 4. The van der Waals surface area contributed by atoms with Gasteiger partial charge in [0.05, 0.1) is 25.5 Å². The van der Waals surface area contributed by atoms with E-state index in [0.717, 1.165) is 18.7 Å². The van der Waals surface area contributed by atoms with Gasteiger partial charge in [-0.15, -0.1) is 17.5 Å². The second-order valence-electron chi connectivity index (χ2n) is 5.05. The third-order valence-electron chi connectivity index (χ3n) is 3.25. The van der Waals surface area contributed by atoms with Crippen LogP contribution in [0.4, 0.5) is 0 Å². The molecule has 0 saturated heterocycles. The van der Waals surface area contributed by atoms with Gasteiger partial charge in [-0.3, -0.25) is 0 Å². The Bertz CT molecular complexity index is 666. The molecule has 0 bridgehead atoms. The zero-order valence-corrected chi connectivity index (χ0v) is 13.1. The van der Waals surface area contributed by atoms with Crippen molar-refractivity contribution in [2.45, 2.75) is 31.7 Å². The van der Waals surface area contributed by atoms with Gasteiger partial charge < -0.3 is 10.5 Å². The minimum atomic E-state index is -0.529. The Morgan fingerprint density at radius 3 is 2.64 bits per heavy atom. The Morgan fingerprint density at radius 2 is 2.14 bits per heavy atom. The SMILES string of the molecule is COC(=O)c1cnc(-n2nc(C3CC3)nc2C(C)N)cn1.Cl. The monoisotopic (exact) mass is 324 g/mol. The Labute approximate surface area is 133 Å². The van der Waals surface area contributed by atoms with Crippen molar-refractivity contribution in [3.63, 3.8) is 0 Å². The summed E-state index contributed by atoms with van der Waals surface area (Å²) in [5, 5.41) is 4.47. The molecule has 1 fully saturated rings. The first-order valence-corrected chi connectivity index (χ1v) is 6.73. The van der Waals surface area contributed by atoms with Crippen LogP contribution in [0, 0.1) is 0 Å². The highest BCUT2D eigenvalue weighted by Crippen LogP contribution is 2.38. The first-order chi connectivity index (χ1) is 10.1. The van der Waals surface area contributed by atoms with Gasteiger partial charge in [0, 0.05) is 5.92 Å². The van der Waals surface area contributed by atoms with Crippen molar-refractivity contribution in [1.29, 1.82) is 0 Å². The lowest BCUT2D eigenvalue weighted by Crippen LogP contribution is -2.15. The predicted octanol–water partition coefficient (Wildman–Crippen LogP) is 1.16. The summed E-state index contributed by atoms with van der Waals surface area (Å²) in [6.07, 6.45) is 5.03. The summed E-state index contributed by atoms with van der Waals surface area (Å²) in [4.78, 5) is 24.1. The van der Waals surface area contributed by atoms with Gasteiger partial charge in [-0.05, 0) is 19.8 Å². The van der Waals surface area contributed by atoms with Crippen LogP contribution in [-0.2, 0) is 4.74 Å². The molecule has 3 rings (SSSR count). The molecular weight excluding hydrogens is 308 g/mol. The number of halogens is 1. The zero-order valence-electron chi connectivity index (χ0n) is 12.3. The number of carbonyl (C=O) groups is 1. The van der Waals surface area contributed by atoms with Crippen LogP contribution in [-0.4, -0.2) is 37.8 Å². The molecule has 22 heavy (non-hydrogen) atoms. The third kappa shape index (κ3) is 3.07. The summed E-state index contributed by atoms with van der Waals surface area (Å²) in [7, 11) is 1.30.